The van der Waals surface area contributed by atoms with E-state index in [2.05, 4.69) is 15.1 Å². The SMILES string of the molecule is [C-]#[N+]c1nc2ccc(C(F)(F)F)cc2n1CC(=O)N(Cc1ccsc1)c1ccc(NC(C)=O)cc1. The number of aromatic nitrogens is 2. The average Bonchev–Trinajstić information content (AvgIpc) is 3.44. The fraction of sp³-hybridized carbons (Fsp3) is 0.167. The second-order valence-electron chi connectivity index (χ2n) is 7.65. The summed E-state index contributed by atoms with van der Waals surface area (Å²) in [5, 5.41) is 6.42. The van der Waals surface area contributed by atoms with Crippen LogP contribution in [0.25, 0.3) is 15.9 Å². The Morgan fingerprint density at radius 2 is 1.91 bits per heavy atom. The van der Waals surface area contributed by atoms with E-state index in [4.69, 9.17) is 6.57 Å². The highest BCUT2D eigenvalue weighted by atomic mass is 32.1. The standard InChI is InChI=1S/C24H18F3N5O2S/c1-15(33)29-18-4-6-19(7-5-18)31(12-16-9-10-35-14-16)22(34)13-32-21-11-17(24(25,26)27)3-8-20(21)30-23(32)28-2/h3-11,14H,12-13H2,1H3,(H,29,33). The highest BCUT2D eigenvalue weighted by molar-refractivity contribution is 7.07. The van der Waals surface area contributed by atoms with Gasteiger partial charge in [0.05, 0.1) is 12.1 Å². The molecule has 0 saturated carbocycles. The number of hydrogen-bond acceptors (Lipinski definition) is 4. The molecule has 2 amide bonds. The molecule has 0 unspecified atom stereocenters. The number of alkyl halides is 3. The maximum Gasteiger partial charge on any atom is 0.416 e. The molecule has 4 aromatic rings. The number of nitrogens with zero attached hydrogens (tertiary/aromatic N) is 4. The Kier molecular flexibility index (Phi) is 6.57. The Morgan fingerprint density at radius 1 is 1.17 bits per heavy atom. The monoisotopic (exact) mass is 497 g/mol. The Balaban J connectivity index is 1.71. The van der Waals surface area contributed by atoms with E-state index in [1.54, 1.807) is 24.3 Å². The number of halogens is 3. The second kappa shape index (κ2) is 9.60. The topological polar surface area (TPSA) is 71.6 Å². The Labute approximate surface area is 202 Å². The number of carbonyl (C=O) groups excluding carboxylic acids is 2. The van der Waals surface area contributed by atoms with Crippen molar-refractivity contribution in [2.45, 2.75) is 26.2 Å². The molecule has 0 atom stereocenters. The van der Waals surface area contributed by atoms with Crippen molar-refractivity contribution in [3.05, 3.63) is 81.8 Å². The molecule has 7 nitrogen and oxygen atoms in total. The first kappa shape index (κ1) is 24.0. The number of carbonyl (C=O) groups is 2. The minimum Gasteiger partial charge on any atom is -0.396 e. The Bertz CT molecular complexity index is 1420. The smallest absolute Gasteiger partial charge is 0.396 e. The molecule has 2 heterocycles. The molecule has 0 aliphatic carbocycles. The Hall–Kier alpha value is -4.17. The van der Waals surface area contributed by atoms with E-state index in [0.717, 1.165) is 17.7 Å². The van der Waals surface area contributed by atoms with Gasteiger partial charge in [0.25, 0.3) is 5.91 Å². The number of fused-ring (bicyclic) bond motifs is 1. The summed E-state index contributed by atoms with van der Waals surface area (Å²) in [4.78, 5) is 33.7. The summed E-state index contributed by atoms with van der Waals surface area (Å²) in [5.41, 5.74) is 1.31. The van der Waals surface area contributed by atoms with Gasteiger partial charge in [-0.25, -0.2) is 0 Å². The first-order valence-corrected chi connectivity index (χ1v) is 11.2. The summed E-state index contributed by atoms with van der Waals surface area (Å²) in [6.07, 6.45) is -4.58. The van der Waals surface area contributed by atoms with Crippen molar-refractivity contribution < 1.29 is 22.8 Å². The molecule has 0 saturated heterocycles. The maximum atomic E-state index is 13.5. The summed E-state index contributed by atoms with van der Waals surface area (Å²) in [6.45, 7) is 8.63. The molecule has 2 aromatic carbocycles. The van der Waals surface area contributed by atoms with Crippen molar-refractivity contribution in [1.82, 2.24) is 9.55 Å². The normalized spacial score (nSPS) is 11.3. The van der Waals surface area contributed by atoms with Gasteiger partial charge in [-0.1, -0.05) is 0 Å². The largest absolute Gasteiger partial charge is 0.416 e. The number of benzene rings is 2. The van der Waals surface area contributed by atoms with E-state index >= 15 is 0 Å². The maximum absolute atomic E-state index is 13.5. The van der Waals surface area contributed by atoms with Crippen molar-refractivity contribution in [2.75, 3.05) is 10.2 Å². The number of thiophene rings is 1. The van der Waals surface area contributed by atoms with Gasteiger partial charge in [0.2, 0.25) is 5.91 Å². The quantitative estimate of drug-likeness (QED) is 0.339. The molecule has 2 aromatic heterocycles. The van der Waals surface area contributed by atoms with Crippen molar-refractivity contribution >= 4 is 51.5 Å². The van der Waals surface area contributed by atoms with Crippen LogP contribution in [0, 0.1) is 6.57 Å². The number of anilines is 2. The van der Waals surface area contributed by atoms with Crippen LogP contribution >= 0.6 is 11.3 Å². The van der Waals surface area contributed by atoms with Gasteiger partial charge in [-0.15, -0.1) is 11.6 Å². The van der Waals surface area contributed by atoms with Crippen molar-refractivity contribution in [1.29, 1.82) is 0 Å². The lowest BCUT2D eigenvalue weighted by Gasteiger charge is -2.23. The van der Waals surface area contributed by atoms with Gasteiger partial charge in [-0.05, 0) is 64.9 Å². The molecule has 11 heteroatoms. The van der Waals surface area contributed by atoms with Crippen molar-refractivity contribution in [3.63, 3.8) is 0 Å². The minimum absolute atomic E-state index is 0.0515. The molecule has 0 fully saturated rings. The molecule has 0 aliphatic rings. The molecule has 1 N–H and O–H groups in total. The summed E-state index contributed by atoms with van der Waals surface area (Å²) < 4.78 is 41.0. The fourth-order valence-corrected chi connectivity index (χ4v) is 4.22. The molecule has 0 bridgehead atoms. The molecule has 0 aliphatic heterocycles. The third-order valence-corrected chi connectivity index (χ3v) is 5.90. The lowest BCUT2D eigenvalue weighted by molar-refractivity contribution is -0.137. The first-order valence-electron chi connectivity index (χ1n) is 10.3. The Morgan fingerprint density at radius 3 is 2.51 bits per heavy atom. The van der Waals surface area contributed by atoms with Gasteiger partial charge in [-0.2, -0.15) is 24.5 Å². The van der Waals surface area contributed by atoms with Gasteiger partial charge in [0.1, 0.15) is 12.1 Å². The number of hydrogen-bond donors (Lipinski definition) is 1. The average molecular weight is 498 g/mol. The summed E-state index contributed by atoms with van der Waals surface area (Å²) in [7, 11) is 0. The molecule has 0 spiro atoms. The van der Waals surface area contributed by atoms with E-state index in [1.807, 2.05) is 16.8 Å². The number of imidazole rings is 1. The third-order valence-electron chi connectivity index (χ3n) is 5.17. The predicted octanol–water partition coefficient (Wildman–Crippen LogP) is 5.86. The lowest BCUT2D eigenvalue weighted by Crippen LogP contribution is -2.33. The van der Waals surface area contributed by atoms with Crippen LogP contribution in [-0.2, 0) is 28.9 Å². The van der Waals surface area contributed by atoms with E-state index in [1.165, 1.54) is 33.8 Å². The highest BCUT2D eigenvalue weighted by Crippen LogP contribution is 2.33. The highest BCUT2D eigenvalue weighted by Gasteiger charge is 2.32. The number of rotatable bonds is 6. The molecule has 178 valence electrons. The van der Waals surface area contributed by atoms with Gasteiger partial charge in [0.15, 0.2) is 5.52 Å². The van der Waals surface area contributed by atoms with Crippen LogP contribution in [0.15, 0.2) is 59.3 Å². The zero-order chi connectivity index (χ0) is 25.2. The summed E-state index contributed by atoms with van der Waals surface area (Å²) in [6, 6.07) is 11.5. The second-order valence-corrected chi connectivity index (χ2v) is 8.43. The van der Waals surface area contributed by atoms with Crippen LogP contribution in [0.4, 0.5) is 30.5 Å². The van der Waals surface area contributed by atoms with Gasteiger partial charge in [-0.3, -0.25) is 14.2 Å². The minimum atomic E-state index is -4.58. The third kappa shape index (κ3) is 5.33. The number of amides is 2. The molecular weight excluding hydrogens is 479 g/mol. The lowest BCUT2D eigenvalue weighted by atomic mass is 10.2. The molecule has 0 radical (unpaired) electrons. The fourth-order valence-electron chi connectivity index (χ4n) is 3.56. The number of nitrogens with one attached hydrogen (secondary N) is 1. The van der Waals surface area contributed by atoms with Crippen LogP contribution < -0.4 is 10.2 Å². The first-order chi connectivity index (χ1) is 16.7. The van der Waals surface area contributed by atoms with Crippen LogP contribution in [0.2, 0.25) is 0 Å². The van der Waals surface area contributed by atoms with Crippen LogP contribution in [0.1, 0.15) is 18.1 Å². The van der Waals surface area contributed by atoms with E-state index < -0.39 is 17.6 Å². The zero-order valence-corrected chi connectivity index (χ0v) is 19.2. The van der Waals surface area contributed by atoms with Crippen molar-refractivity contribution in [3.8, 4) is 0 Å². The van der Waals surface area contributed by atoms with Gasteiger partial charge < -0.3 is 15.1 Å². The van der Waals surface area contributed by atoms with Crippen molar-refractivity contribution in [2.24, 2.45) is 0 Å². The van der Waals surface area contributed by atoms with Crippen LogP contribution in [0.3, 0.4) is 0 Å². The predicted molar refractivity (Wildman–Crippen MR) is 127 cm³/mol. The van der Waals surface area contributed by atoms with Gasteiger partial charge >= 0.3 is 12.1 Å². The molecule has 4 rings (SSSR count). The van der Waals surface area contributed by atoms with E-state index in [-0.39, 0.29) is 36.0 Å². The zero-order valence-electron chi connectivity index (χ0n) is 18.3. The summed E-state index contributed by atoms with van der Waals surface area (Å²) in [5.74, 6) is -0.852. The summed E-state index contributed by atoms with van der Waals surface area (Å²) >= 11 is 1.47. The van der Waals surface area contributed by atoms with E-state index in [0.29, 0.717) is 11.4 Å². The van der Waals surface area contributed by atoms with Crippen LogP contribution in [-0.4, -0.2) is 21.4 Å². The van der Waals surface area contributed by atoms with Gasteiger partial charge in [0, 0.05) is 18.3 Å². The molecule has 35 heavy (non-hydrogen) atoms. The van der Waals surface area contributed by atoms with E-state index in [9.17, 15) is 22.8 Å². The van der Waals surface area contributed by atoms with Crippen LogP contribution in [0.5, 0.6) is 0 Å². The molecular formula is C24H18F3N5O2S.